The zero-order chi connectivity index (χ0) is 15.1. The zero-order valence-corrected chi connectivity index (χ0v) is 11.9. The van der Waals surface area contributed by atoms with Crippen LogP contribution in [0.4, 0.5) is 8.78 Å². The van der Waals surface area contributed by atoms with Crippen LogP contribution in [-0.2, 0) is 4.74 Å². The van der Waals surface area contributed by atoms with E-state index in [1.807, 2.05) is 60.7 Å². The Bertz CT molecular complexity index is 519. The van der Waals surface area contributed by atoms with Crippen LogP contribution in [0.1, 0.15) is 23.3 Å². The van der Waals surface area contributed by atoms with Crippen molar-refractivity contribution in [3.63, 3.8) is 0 Å². The van der Waals surface area contributed by atoms with E-state index in [0.717, 1.165) is 11.1 Å². The van der Waals surface area contributed by atoms with Gasteiger partial charge in [-0.2, -0.15) is 0 Å². The van der Waals surface area contributed by atoms with Crippen LogP contribution in [0.15, 0.2) is 60.7 Å². The fourth-order valence-electron chi connectivity index (χ4n) is 2.36. The van der Waals surface area contributed by atoms with E-state index in [4.69, 9.17) is 4.74 Å². The van der Waals surface area contributed by atoms with Crippen LogP contribution < -0.4 is 5.32 Å². The summed E-state index contributed by atoms with van der Waals surface area (Å²) < 4.78 is 30.6. The molecule has 2 aromatic carbocycles. The smallest absolute Gasteiger partial charge is 0.261 e. The lowest BCUT2D eigenvalue weighted by atomic mass is 9.96. The Kier molecular flexibility index (Phi) is 5.84. The molecule has 0 aliphatic rings. The first-order chi connectivity index (χ1) is 10.2. The molecule has 112 valence electrons. The molecule has 4 heteroatoms. The minimum absolute atomic E-state index is 0.188. The van der Waals surface area contributed by atoms with E-state index in [1.54, 1.807) is 7.05 Å². The fourth-order valence-corrected chi connectivity index (χ4v) is 2.36. The van der Waals surface area contributed by atoms with Gasteiger partial charge >= 0.3 is 0 Å². The number of benzene rings is 2. The summed E-state index contributed by atoms with van der Waals surface area (Å²) in [6, 6.07) is 18.9. The van der Waals surface area contributed by atoms with E-state index in [2.05, 4.69) is 5.32 Å². The van der Waals surface area contributed by atoms with Gasteiger partial charge < -0.3 is 10.1 Å². The Hall–Kier alpha value is -1.78. The molecule has 0 aliphatic heterocycles. The van der Waals surface area contributed by atoms with Crippen molar-refractivity contribution in [3.05, 3.63) is 71.8 Å². The number of rotatable bonds is 7. The van der Waals surface area contributed by atoms with E-state index in [-0.39, 0.29) is 6.04 Å². The van der Waals surface area contributed by atoms with Gasteiger partial charge in [0.2, 0.25) is 0 Å². The maximum absolute atomic E-state index is 12.5. The summed E-state index contributed by atoms with van der Waals surface area (Å²) in [6.07, 6.45) is -2.95. The van der Waals surface area contributed by atoms with Gasteiger partial charge in [-0.3, -0.25) is 0 Å². The maximum atomic E-state index is 12.5. The topological polar surface area (TPSA) is 21.3 Å². The molecule has 2 nitrogen and oxygen atoms in total. The molecule has 2 aromatic rings. The minimum atomic E-state index is -2.48. The van der Waals surface area contributed by atoms with Gasteiger partial charge in [-0.15, -0.1) is 0 Å². The molecular formula is C17H19F2NO. The van der Waals surface area contributed by atoms with Crippen molar-refractivity contribution in [1.82, 2.24) is 5.32 Å². The van der Waals surface area contributed by atoms with Crippen molar-refractivity contribution in [2.75, 3.05) is 13.7 Å². The second kappa shape index (κ2) is 7.86. The molecule has 0 saturated carbocycles. The summed E-state index contributed by atoms with van der Waals surface area (Å²) in [6.45, 7) is -0.579. The lowest BCUT2D eigenvalue weighted by Gasteiger charge is -2.28. The standard InChI is InChI=1S/C17H19F2NO/c1-20-16(13-8-4-2-5-9-13)17(21-12-15(18)19)14-10-6-3-7-11-14/h2-11,15-17,20H,12H2,1H3. The van der Waals surface area contributed by atoms with E-state index < -0.39 is 19.1 Å². The number of hydrogen-bond donors (Lipinski definition) is 1. The highest BCUT2D eigenvalue weighted by Crippen LogP contribution is 2.32. The van der Waals surface area contributed by atoms with Crippen LogP contribution >= 0.6 is 0 Å². The molecule has 0 saturated heterocycles. The first-order valence-corrected chi connectivity index (χ1v) is 6.89. The molecule has 1 N–H and O–H groups in total. The summed E-state index contributed by atoms with van der Waals surface area (Å²) in [5, 5.41) is 3.17. The Labute approximate surface area is 123 Å². The monoisotopic (exact) mass is 291 g/mol. The first-order valence-electron chi connectivity index (χ1n) is 6.89. The van der Waals surface area contributed by atoms with Gasteiger partial charge in [-0.25, -0.2) is 8.78 Å². The molecule has 0 bridgehead atoms. The van der Waals surface area contributed by atoms with Gasteiger partial charge in [0.25, 0.3) is 6.43 Å². The summed E-state index contributed by atoms with van der Waals surface area (Å²) >= 11 is 0. The zero-order valence-electron chi connectivity index (χ0n) is 11.9. The lowest BCUT2D eigenvalue weighted by molar-refractivity contribution is -0.0393. The number of ether oxygens (including phenoxy) is 1. The third kappa shape index (κ3) is 4.34. The molecule has 2 rings (SSSR count). The second-order valence-electron chi connectivity index (χ2n) is 4.73. The van der Waals surface area contributed by atoms with Crippen LogP contribution in [0.25, 0.3) is 0 Å². The first kappa shape index (κ1) is 15.6. The average Bonchev–Trinajstić information content (AvgIpc) is 2.53. The van der Waals surface area contributed by atoms with Crippen molar-refractivity contribution in [2.45, 2.75) is 18.6 Å². The Morgan fingerprint density at radius 3 is 1.90 bits per heavy atom. The van der Waals surface area contributed by atoms with Crippen molar-refractivity contribution >= 4 is 0 Å². The lowest BCUT2D eigenvalue weighted by Crippen LogP contribution is -2.27. The Balaban J connectivity index is 2.28. The Morgan fingerprint density at radius 1 is 0.905 bits per heavy atom. The van der Waals surface area contributed by atoms with Gasteiger partial charge in [0.05, 0.1) is 6.04 Å². The van der Waals surface area contributed by atoms with E-state index in [9.17, 15) is 8.78 Å². The normalized spacial score (nSPS) is 14.1. The van der Waals surface area contributed by atoms with Gasteiger partial charge in [0, 0.05) is 0 Å². The Morgan fingerprint density at radius 2 is 1.43 bits per heavy atom. The molecular weight excluding hydrogens is 272 g/mol. The van der Waals surface area contributed by atoms with Crippen LogP contribution in [0, 0.1) is 0 Å². The van der Waals surface area contributed by atoms with Gasteiger partial charge in [0.15, 0.2) is 0 Å². The van der Waals surface area contributed by atoms with Crippen LogP contribution in [0.3, 0.4) is 0 Å². The maximum Gasteiger partial charge on any atom is 0.261 e. The highest BCUT2D eigenvalue weighted by Gasteiger charge is 2.25. The number of nitrogens with one attached hydrogen (secondary N) is 1. The van der Waals surface area contributed by atoms with Gasteiger partial charge in [-0.1, -0.05) is 60.7 Å². The SMILES string of the molecule is CNC(c1ccccc1)C(OCC(F)F)c1ccccc1. The summed E-state index contributed by atoms with van der Waals surface area (Å²) in [4.78, 5) is 0. The predicted octanol–water partition coefficient (Wildman–Crippen LogP) is 3.97. The van der Waals surface area contributed by atoms with Crippen LogP contribution in [0.5, 0.6) is 0 Å². The molecule has 0 amide bonds. The summed E-state index contributed by atoms with van der Waals surface area (Å²) in [5.74, 6) is 0. The number of hydrogen-bond acceptors (Lipinski definition) is 2. The summed E-state index contributed by atoms with van der Waals surface area (Å²) in [7, 11) is 1.80. The van der Waals surface area contributed by atoms with Crippen molar-refractivity contribution < 1.29 is 13.5 Å². The highest BCUT2D eigenvalue weighted by atomic mass is 19.3. The highest BCUT2D eigenvalue weighted by molar-refractivity contribution is 5.26. The molecule has 0 fully saturated rings. The number of halogens is 2. The molecule has 0 heterocycles. The minimum Gasteiger partial charge on any atom is -0.366 e. The quantitative estimate of drug-likeness (QED) is 0.833. The fraction of sp³-hybridized carbons (Fsp3) is 0.294. The largest absolute Gasteiger partial charge is 0.366 e. The predicted molar refractivity (Wildman–Crippen MR) is 79.4 cm³/mol. The molecule has 0 radical (unpaired) electrons. The average molecular weight is 291 g/mol. The van der Waals surface area contributed by atoms with Gasteiger partial charge in [-0.05, 0) is 18.2 Å². The van der Waals surface area contributed by atoms with E-state index in [0.29, 0.717) is 0 Å². The third-order valence-corrected chi connectivity index (χ3v) is 3.30. The molecule has 0 aliphatic carbocycles. The number of likely N-dealkylation sites (N-methyl/N-ethyl adjacent to an activating group) is 1. The molecule has 0 spiro atoms. The van der Waals surface area contributed by atoms with Crippen LogP contribution in [0.2, 0.25) is 0 Å². The number of alkyl halides is 2. The molecule has 0 aromatic heterocycles. The van der Waals surface area contributed by atoms with Crippen LogP contribution in [-0.4, -0.2) is 20.1 Å². The van der Waals surface area contributed by atoms with Gasteiger partial charge in [0.1, 0.15) is 12.7 Å². The van der Waals surface area contributed by atoms with E-state index in [1.165, 1.54) is 0 Å². The second-order valence-corrected chi connectivity index (χ2v) is 4.73. The third-order valence-electron chi connectivity index (χ3n) is 3.30. The molecule has 21 heavy (non-hydrogen) atoms. The summed E-state index contributed by atoms with van der Waals surface area (Å²) in [5.41, 5.74) is 1.88. The van der Waals surface area contributed by atoms with Crippen molar-refractivity contribution in [1.29, 1.82) is 0 Å². The van der Waals surface area contributed by atoms with Crippen molar-refractivity contribution in [2.24, 2.45) is 0 Å². The molecule has 2 unspecified atom stereocenters. The van der Waals surface area contributed by atoms with E-state index >= 15 is 0 Å². The molecule has 2 atom stereocenters. The van der Waals surface area contributed by atoms with Crippen molar-refractivity contribution in [3.8, 4) is 0 Å².